The molecule has 4 heteroatoms. The molecule has 0 heterocycles. The van der Waals surface area contributed by atoms with Crippen molar-refractivity contribution in [2.75, 3.05) is 13.2 Å². The van der Waals surface area contributed by atoms with Gasteiger partial charge in [0.05, 0.1) is 13.2 Å². The highest BCUT2D eigenvalue weighted by Gasteiger charge is 2.03. The van der Waals surface area contributed by atoms with E-state index in [9.17, 15) is 4.79 Å². The van der Waals surface area contributed by atoms with Gasteiger partial charge in [0, 0.05) is 0 Å². The molecule has 0 spiro atoms. The van der Waals surface area contributed by atoms with Crippen LogP contribution in [-0.4, -0.2) is 19.2 Å². The third-order valence-electron chi connectivity index (χ3n) is 2.26. The first kappa shape index (κ1) is 14.6. The van der Waals surface area contributed by atoms with Crippen LogP contribution in [0.2, 0.25) is 0 Å². The molecule has 0 N–H and O–H groups in total. The Hall–Kier alpha value is -1.48. The first-order chi connectivity index (χ1) is 8.70. The standard InChI is InChI=1S/C14H17ClO3/c1-12(15)14(16)18-11-7-3-6-10-17-13-8-4-2-5-9-13/h2,4-5,8-9H,1,3,6-7,10-11H2. The number of carbonyl (C=O) groups excluding carboxylic acids is 1. The van der Waals surface area contributed by atoms with Gasteiger partial charge in [-0.1, -0.05) is 36.4 Å². The van der Waals surface area contributed by atoms with Crippen LogP contribution in [-0.2, 0) is 9.53 Å². The van der Waals surface area contributed by atoms with E-state index in [-0.39, 0.29) is 5.03 Å². The minimum atomic E-state index is -0.544. The van der Waals surface area contributed by atoms with Crippen LogP contribution in [0.4, 0.5) is 0 Å². The molecule has 0 saturated carbocycles. The van der Waals surface area contributed by atoms with Gasteiger partial charge in [0.25, 0.3) is 0 Å². The molecule has 0 aromatic heterocycles. The van der Waals surface area contributed by atoms with Gasteiger partial charge in [0.1, 0.15) is 10.8 Å². The van der Waals surface area contributed by atoms with E-state index in [1.165, 1.54) is 0 Å². The Balaban J connectivity index is 1.96. The molecule has 98 valence electrons. The summed E-state index contributed by atoms with van der Waals surface area (Å²) in [4.78, 5) is 10.9. The van der Waals surface area contributed by atoms with E-state index in [0.29, 0.717) is 13.2 Å². The van der Waals surface area contributed by atoms with Gasteiger partial charge in [-0.05, 0) is 31.4 Å². The minimum absolute atomic E-state index is 0.0811. The summed E-state index contributed by atoms with van der Waals surface area (Å²) in [6.07, 6.45) is 2.66. The van der Waals surface area contributed by atoms with Gasteiger partial charge in [-0.15, -0.1) is 0 Å². The van der Waals surface area contributed by atoms with Crippen molar-refractivity contribution in [1.29, 1.82) is 0 Å². The monoisotopic (exact) mass is 268 g/mol. The molecule has 0 aliphatic heterocycles. The van der Waals surface area contributed by atoms with Gasteiger partial charge in [-0.3, -0.25) is 0 Å². The van der Waals surface area contributed by atoms with Gasteiger partial charge < -0.3 is 9.47 Å². The Morgan fingerprint density at radius 3 is 2.44 bits per heavy atom. The maximum absolute atomic E-state index is 10.9. The number of benzene rings is 1. The summed E-state index contributed by atoms with van der Waals surface area (Å²) < 4.78 is 10.4. The molecule has 1 aromatic rings. The van der Waals surface area contributed by atoms with E-state index in [1.54, 1.807) is 0 Å². The van der Waals surface area contributed by atoms with Gasteiger partial charge in [-0.25, -0.2) is 4.79 Å². The molecule has 0 unspecified atom stereocenters. The number of carbonyl (C=O) groups is 1. The van der Waals surface area contributed by atoms with Crippen molar-refractivity contribution in [3.8, 4) is 5.75 Å². The van der Waals surface area contributed by atoms with Gasteiger partial charge in [-0.2, -0.15) is 0 Å². The van der Waals surface area contributed by atoms with Crippen molar-refractivity contribution in [2.45, 2.75) is 19.3 Å². The predicted octanol–water partition coefficient (Wildman–Crippen LogP) is 3.53. The number of hydrogen-bond donors (Lipinski definition) is 0. The third kappa shape index (κ3) is 6.30. The first-order valence-electron chi connectivity index (χ1n) is 5.89. The number of rotatable bonds is 8. The lowest BCUT2D eigenvalue weighted by Gasteiger charge is -2.06. The molecule has 0 radical (unpaired) electrons. The van der Waals surface area contributed by atoms with E-state index in [2.05, 4.69) is 6.58 Å². The fourth-order valence-corrected chi connectivity index (χ4v) is 1.39. The van der Waals surface area contributed by atoms with Crippen LogP contribution in [0.25, 0.3) is 0 Å². The van der Waals surface area contributed by atoms with Crippen molar-refractivity contribution in [1.82, 2.24) is 0 Å². The molecule has 1 aromatic carbocycles. The average molecular weight is 269 g/mol. The zero-order valence-corrected chi connectivity index (χ0v) is 11.0. The van der Waals surface area contributed by atoms with Crippen LogP contribution in [0.3, 0.4) is 0 Å². The lowest BCUT2D eigenvalue weighted by Crippen LogP contribution is -2.05. The normalized spacial score (nSPS) is 9.83. The Bertz CT molecular complexity index is 376. The van der Waals surface area contributed by atoms with E-state index in [0.717, 1.165) is 25.0 Å². The summed E-state index contributed by atoms with van der Waals surface area (Å²) >= 11 is 5.37. The van der Waals surface area contributed by atoms with Crippen LogP contribution in [0.1, 0.15) is 19.3 Å². The number of para-hydroxylation sites is 1. The molecule has 3 nitrogen and oxygen atoms in total. The van der Waals surface area contributed by atoms with Crippen molar-refractivity contribution in [3.63, 3.8) is 0 Å². The van der Waals surface area contributed by atoms with Crippen LogP contribution in [0.15, 0.2) is 41.9 Å². The summed E-state index contributed by atoms with van der Waals surface area (Å²) in [5, 5.41) is -0.0811. The first-order valence-corrected chi connectivity index (χ1v) is 6.27. The summed E-state index contributed by atoms with van der Waals surface area (Å²) in [6, 6.07) is 9.68. The van der Waals surface area contributed by atoms with Crippen LogP contribution in [0.5, 0.6) is 5.75 Å². The Morgan fingerprint density at radius 2 is 1.78 bits per heavy atom. The molecule has 18 heavy (non-hydrogen) atoms. The lowest BCUT2D eigenvalue weighted by atomic mass is 10.2. The van der Waals surface area contributed by atoms with Crippen molar-refractivity contribution in [2.24, 2.45) is 0 Å². The minimum Gasteiger partial charge on any atom is -0.494 e. The molecule has 1 rings (SSSR count). The highest BCUT2D eigenvalue weighted by Crippen LogP contribution is 2.09. The second kappa shape index (κ2) is 8.59. The predicted molar refractivity (Wildman–Crippen MR) is 71.7 cm³/mol. The number of unbranched alkanes of at least 4 members (excludes halogenated alkanes) is 2. The largest absolute Gasteiger partial charge is 0.494 e. The number of hydrogen-bond acceptors (Lipinski definition) is 3. The highest BCUT2D eigenvalue weighted by atomic mass is 35.5. The topological polar surface area (TPSA) is 35.5 Å². The van der Waals surface area contributed by atoms with E-state index in [1.807, 2.05) is 30.3 Å². The highest BCUT2D eigenvalue weighted by molar-refractivity contribution is 6.40. The molecule has 0 saturated heterocycles. The number of esters is 1. The zero-order valence-electron chi connectivity index (χ0n) is 10.2. The molecular weight excluding hydrogens is 252 g/mol. The Kier molecular flexibility index (Phi) is 6.96. The van der Waals surface area contributed by atoms with Crippen molar-refractivity contribution >= 4 is 17.6 Å². The number of halogens is 1. The van der Waals surface area contributed by atoms with Crippen molar-refractivity contribution < 1.29 is 14.3 Å². The quantitative estimate of drug-likeness (QED) is 0.411. The maximum Gasteiger partial charge on any atom is 0.349 e. The van der Waals surface area contributed by atoms with E-state index < -0.39 is 5.97 Å². The smallest absolute Gasteiger partial charge is 0.349 e. The van der Waals surface area contributed by atoms with Gasteiger partial charge in [0.2, 0.25) is 0 Å². The fourth-order valence-electron chi connectivity index (χ4n) is 1.33. The summed E-state index contributed by atoms with van der Waals surface area (Å²) in [6.45, 7) is 4.33. The summed E-state index contributed by atoms with van der Waals surface area (Å²) in [5.74, 6) is 0.333. The second-order valence-electron chi connectivity index (χ2n) is 3.76. The molecule has 0 fully saturated rings. The Labute approximate surface area is 112 Å². The summed E-state index contributed by atoms with van der Waals surface area (Å²) in [7, 11) is 0. The zero-order chi connectivity index (χ0) is 13.2. The average Bonchev–Trinajstić information content (AvgIpc) is 2.38. The molecule has 0 bridgehead atoms. The van der Waals surface area contributed by atoms with E-state index >= 15 is 0 Å². The molecular formula is C14H17ClO3. The van der Waals surface area contributed by atoms with Crippen molar-refractivity contribution in [3.05, 3.63) is 41.9 Å². The van der Waals surface area contributed by atoms with Crippen LogP contribution in [0, 0.1) is 0 Å². The SMILES string of the molecule is C=C(Cl)C(=O)OCCCCCOc1ccccc1. The summed E-state index contributed by atoms with van der Waals surface area (Å²) in [5.41, 5.74) is 0. The third-order valence-corrected chi connectivity index (χ3v) is 2.41. The maximum atomic E-state index is 10.9. The molecule has 0 atom stereocenters. The number of ether oxygens (including phenoxy) is 2. The Morgan fingerprint density at radius 1 is 1.11 bits per heavy atom. The second-order valence-corrected chi connectivity index (χ2v) is 4.22. The van der Waals surface area contributed by atoms with Crippen LogP contribution < -0.4 is 4.74 Å². The molecule has 0 aliphatic rings. The lowest BCUT2D eigenvalue weighted by molar-refractivity contribution is -0.138. The van der Waals surface area contributed by atoms with Crippen LogP contribution >= 0.6 is 11.6 Å². The molecule has 0 amide bonds. The van der Waals surface area contributed by atoms with Gasteiger partial charge in [0.15, 0.2) is 0 Å². The fraction of sp³-hybridized carbons (Fsp3) is 0.357. The van der Waals surface area contributed by atoms with Gasteiger partial charge >= 0.3 is 5.97 Å². The molecule has 0 aliphatic carbocycles. The van der Waals surface area contributed by atoms with E-state index in [4.69, 9.17) is 21.1 Å².